The number of urea groups is 1. The van der Waals surface area contributed by atoms with E-state index in [1.54, 1.807) is 25.5 Å². The van der Waals surface area contributed by atoms with Crippen molar-refractivity contribution in [3.63, 3.8) is 0 Å². The third kappa shape index (κ3) is 4.11. The van der Waals surface area contributed by atoms with Crippen LogP contribution in [0.3, 0.4) is 0 Å². The Kier molecular flexibility index (Phi) is 5.58. The van der Waals surface area contributed by atoms with Crippen LogP contribution in [-0.2, 0) is 0 Å². The summed E-state index contributed by atoms with van der Waals surface area (Å²) in [5, 5.41) is 6.80. The number of benzene rings is 2. The summed E-state index contributed by atoms with van der Waals surface area (Å²) in [6.07, 6.45) is 2.76. The third-order valence-corrected chi connectivity index (χ3v) is 5.39. The van der Waals surface area contributed by atoms with Gasteiger partial charge in [-0.05, 0) is 61.6 Å². The van der Waals surface area contributed by atoms with Crippen LogP contribution in [0.2, 0.25) is 0 Å². The quantitative estimate of drug-likeness (QED) is 0.603. The number of hydrogen-bond donors (Lipinski definition) is 2. The van der Waals surface area contributed by atoms with Crippen LogP contribution in [-0.4, -0.2) is 31.9 Å². The number of hydrazone groups is 1. The van der Waals surface area contributed by atoms with E-state index in [9.17, 15) is 4.79 Å². The number of nitrogens with one attached hydrogen (secondary N) is 2. The van der Waals surface area contributed by atoms with Crippen LogP contribution in [0.15, 0.2) is 47.6 Å². The zero-order valence-electron chi connectivity index (χ0n) is 17.1. The number of carbonyl (C=O) groups excluding carboxylic acids is 1. The average Bonchev–Trinajstić information content (AvgIpc) is 2.66. The SMILES string of the molecule is COc1ccccc1NC(=O)N/N=C/c1ccc2c(c1)C(C)CC(C)(C)N2C. The van der Waals surface area contributed by atoms with E-state index >= 15 is 0 Å². The van der Waals surface area contributed by atoms with E-state index in [1.165, 1.54) is 11.3 Å². The molecule has 2 aromatic rings. The number of nitrogens with zero attached hydrogens (tertiary/aromatic N) is 2. The van der Waals surface area contributed by atoms with Crippen molar-refractivity contribution >= 4 is 23.6 Å². The highest BCUT2D eigenvalue weighted by molar-refractivity contribution is 5.92. The number of para-hydroxylation sites is 2. The molecule has 1 aliphatic heterocycles. The fraction of sp³-hybridized carbons (Fsp3) is 0.364. The lowest BCUT2D eigenvalue weighted by molar-refractivity contribution is 0.252. The van der Waals surface area contributed by atoms with Gasteiger partial charge in [-0.2, -0.15) is 5.10 Å². The summed E-state index contributed by atoms with van der Waals surface area (Å²) in [6, 6.07) is 13.1. The number of anilines is 2. The van der Waals surface area contributed by atoms with Crippen molar-refractivity contribution in [1.29, 1.82) is 0 Å². The molecule has 0 radical (unpaired) electrons. The van der Waals surface area contributed by atoms with Crippen molar-refractivity contribution in [3.05, 3.63) is 53.6 Å². The highest BCUT2D eigenvalue weighted by Gasteiger charge is 2.33. The van der Waals surface area contributed by atoms with Crippen molar-refractivity contribution in [2.45, 2.75) is 38.6 Å². The Morgan fingerprint density at radius 2 is 2.04 bits per heavy atom. The minimum absolute atomic E-state index is 0.139. The average molecular weight is 380 g/mol. The maximum Gasteiger partial charge on any atom is 0.339 e. The topological polar surface area (TPSA) is 66.0 Å². The summed E-state index contributed by atoms with van der Waals surface area (Å²) in [5.41, 5.74) is 6.74. The fourth-order valence-corrected chi connectivity index (χ4v) is 3.74. The molecule has 3 rings (SSSR count). The molecule has 1 atom stereocenters. The number of rotatable bonds is 4. The van der Waals surface area contributed by atoms with Crippen LogP contribution in [0.5, 0.6) is 5.75 Å². The molecule has 1 aliphatic rings. The summed E-state index contributed by atoms with van der Waals surface area (Å²) in [5.74, 6) is 1.06. The fourth-order valence-electron chi connectivity index (χ4n) is 3.74. The van der Waals surface area contributed by atoms with Crippen molar-refractivity contribution < 1.29 is 9.53 Å². The van der Waals surface area contributed by atoms with Crippen LogP contribution in [0.1, 0.15) is 44.2 Å². The molecule has 2 aromatic carbocycles. The number of methoxy groups -OCH3 is 1. The summed E-state index contributed by atoms with van der Waals surface area (Å²) in [4.78, 5) is 14.4. The second kappa shape index (κ2) is 7.92. The minimum atomic E-state index is -0.423. The molecule has 2 N–H and O–H groups in total. The van der Waals surface area contributed by atoms with Crippen molar-refractivity contribution in [2.24, 2.45) is 5.10 Å². The van der Waals surface area contributed by atoms with Crippen molar-refractivity contribution in [1.82, 2.24) is 5.43 Å². The number of fused-ring (bicyclic) bond motifs is 1. The minimum Gasteiger partial charge on any atom is -0.495 e. The zero-order chi connectivity index (χ0) is 20.3. The highest BCUT2D eigenvalue weighted by Crippen LogP contribution is 2.42. The Morgan fingerprint density at radius 3 is 2.79 bits per heavy atom. The van der Waals surface area contributed by atoms with Gasteiger partial charge in [0.25, 0.3) is 0 Å². The van der Waals surface area contributed by atoms with Gasteiger partial charge >= 0.3 is 6.03 Å². The van der Waals surface area contributed by atoms with Gasteiger partial charge in [0.1, 0.15) is 5.75 Å². The highest BCUT2D eigenvalue weighted by atomic mass is 16.5. The van der Waals surface area contributed by atoms with Gasteiger partial charge in [-0.1, -0.05) is 25.1 Å². The second-order valence-corrected chi connectivity index (χ2v) is 7.82. The van der Waals surface area contributed by atoms with Crippen molar-refractivity contribution in [2.75, 3.05) is 24.4 Å². The number of ether oxygens (including phenoxy) is 1. The molecule has 1 unspecified atom stereocenters. The summed E-state index contributed by atoms with van der Waals surface area (Å²) < 4.78 is 5.22. The Balaban J connectivity index is 1.67. The molecule has 0 aromatic heterocycles. The Morgan fingerprint density at radius 1 is 1.29 bits per heavy atom. The number of amides is 2. The van der Waals surface area contributed by atoms with Gasteiger partial charge in [-0.15, -0.1) is 0 Å². The van der Waals surface area contributed by atoms with Crippen LogP contribution >= 0.6 is 0 Å². The Labute approximate surface area is 166 Å². The van der Waals surface area contributed by atoms with Gasteiger partial charge in [-0.3, -0.25) is 0 Å². The van der Waals surface area contributed by atoms with Crippen molar-refractivity contribution in [3.8, 4) is 5.75 Å². The van der Waals surface area contributed by atoms with Gasteiger partial charge in [0.05, 0.1) is 19.0 Å². The van der Waals surface area contributed by atoms with E-state index in [0.29, 0.717) is 17.4 Å². The lowest BCUT2D eigenvalue weighted by atomic mass is 9.80. The molecular formula is C22H28N4O2. The van der Waals surface area contributed by atoms with Gasteiger partial charge in [0, 0.05) is 18.3 Å². The molecule has 0 saturated carbocycles. The Bertz CT molecular complexity index is 892. The predicted octanol–water partition coefficient (Wildman–Crippen LogP) is 4.57. The first-order valence-electron chi connectivity index (χ1n) is 9.42. The second-order valence-electron chi connectivity index (χ2n) is 7.82. The molecule has 0 fully saturated rings. The molecule has 0 saturated heterocycles. The molecular weight excluding hydrogens is 352 g/mol. The monoisotopic (exact) mass is 380 g/mol. The largest absolute Gasteiger partial charge is 0.495 e. The zero-order valence-corrected chi connectivity index (χ0v) is 17.1. The van der Waals surface area contributed by atoms with E-state index in [-0.39, 0.29) is 5.54 Å². The lowest BCUT2D eigenvalue weighted by Gasteiger charge is -2.45. The first-order valence-corrected chi connectivity index (χ1v) is 9.42. The standard InChI is InChI=1S/C22H28N4O2/c1-15-13-22(2,3)26(4)19-11-10-16(12-17(15)19)14-23-25-21(27)24-18-8-6-7-9-20(18)28-5/h6-12,14-15H,13H2,1-5H3,(H2,24,25,27)/b23-14+. The molecule has 1 heterocycles. The molecule has 6 heteroatoms. The summed E-state index contributed by atoms with van der Waals surface area (Å²) >= 11 is 0. The van der Waals surface area contributed by atoms with E-state index in [2.05, 4.69) is 60.7 Å². The van der Waals surface area contributed by atoms with E-state index in [1.807, 2.05) is 18.2 Å². The van der Waals surface area contributed by atoms with Gasteiger partial charge in [0.2, 0.25) is 0 Å². The van der Waals surface area contributed by atoms with E-state index in [0.717, 1.165) is 12.0 Å². The normalized spacial score (nSPS) is 17.9. The molecule has 148 valence electrons. The smallest absolute Gasteiger partial charge is 0.339 e. The van der Waals surface area contributed by atoms with Crippen LogP contribution in [0.25, 0.3) is 0 Å². The molecule has 0 bridgehead atoms. The van der Waals surface area contributed by atoms with Gasteiger partial charge < -0.3 is 15.0 Å². The Hall–Kier alpha value is -3.02. The van der Waals surface area contributed by atoms with Crippen LogP contribution < -0.4 is 20.4 Å². The molecule has 2 amide bonds. The molecule has 6 nitrogen and oxygen atoms in total. The van der Waals surface area contributed by atoms with Crippen LogP contribution in [0.4, 0.5) is 16.2 Å². The first kappa shape index (κ1) is 19.7. The predicted molar refractivity (Wildman–Crippen MR) is 115 cm³/mol. The van der Waals surface area contributed by atoms with E-state index < -0.39 is 6.03 Å². The molecule has 0 spiro atoms. The number of hydrogen-bond acceptors (Lipinski definition) is 4. The van der Waals surface area contributed by atoms with Crippen LogP contribution in [0, 0.1) is 0 Å². The van der Waals surface area contributed by atoms with Gasteiger partial charge in [-0.25, -0.2) is 10.2 Å². The molecule has 28 heavy (non-hydrogen) atoms. The molecule has 0 aliphatic carbocycles. The maximum absolute atomic E-state index is 12.1. The third-order valence-electron chi connectivity index (χ3n) is 5.39. The van der Waals surface area contributed by atoms with Gasteiger partial charge in [0.15, 0.2) is 0 Å². The lowest BCUT2D eigenvalue weighted by Crippen LogP contribution is -2.45. The maximum atomic E-state index is 12.1. The summed E-state index contributed by atoms with van der Waals surface area (Å²) in [7, 11) is 3.70. The number of carbonyl (C=O) groups is 1. The first-order chi connectivity index (χ1) is 13.3. The van der Waals surface area contributed by atoms with E-state index in [4.69, 9.17) is 4.74 Å². The summed E-state index contributed by atoms with van der Waals surface area (Å²) in [6.45, 7) is 6.80.